The molecule has 0 N–H and O–H groups in total. The van der Waals surface area contributed by atoms with Crippen molar-refractivity contribution in [1.29, 1.82) is 0 Å². The van der Waals surface area contributed by atoms with E-state index in [4.69, 9.17) is 15.0 Å². The molecule has 7 aromatic carbocycles. The van der Waals surface area contributed by atoms with Gasteiger partial charge in [0.1, 0.15) is 0 Å². The third-order valence-corrected chi connectivity index (χ3v) is 9.68. The molecule has 0 unspecified atom stereocenters. The summed E-state index contributed by atoms with van der Waals surface area (Å²) in [6, 6.07) is 74.0. The van der Waals surface area contributed by atoms with Crippen LogP contribution < -0.4 is 0 Å². The molecular weight excluding hydrogens is 655 g/mol. The Morgan fingerprint density at radius 1 is 0.185 bits per heavy atom. The molecule has 0 spiro atoms. The maximum absolute atomic E-state index is 5.09. The van der Waals surface area contributed by atoms with Gasteiger partial charge in [-0.1, -0.05) is 176 Å². The number of hydrogen-bond donors (Lipinski definition) is 0. The predicted octanol–water partition coefficient (Wildman–Crippen LogP) is 13.2. The monoisotopic (exact) mass is 689 g/mol. The molecule has 2 heterocycles. The molecule has 0 aliphatic heterocycles. The summed E-state index contributed by atoms with van der Waals surface area (Å²) >= 11 is 0. The molecule has 0 amide bonds. The van der Waals surface area contributed by atoms with Gasteiger partial charge in [0.05, 0.1) is 22.8 Å². The minimum absolute atomic E-state index is 0.709. The lowest BCUT2D eigenvalue weighted by Gasteiger charge is -2.12. The average molecular weight is 690 g/mol. The first-order valence-corrected chi connectivity index (χ1v) is 18.2. The summed E-state index contributed by atoms with van der Waals surface area (Å²) in [5.74, 6) is 0.709. The Kier molecular flexibility index (Phi) is 8.94. The van der Waals surface area contributed by atoms with E-state index in [1.165, 1.54) is 0 Å². The highest BCUT2D eigenvalue weighted by atomic mass is 14.9. The highest BCUT2D eigenvalue weighted by molar-refractivity contribution is 5.82. The van der Waals surface area contributed by atoms with Gasteiger partial charge in [-0.05, 0) is 69.8 Å². The van der Waals surface area contributed by atoms with Gasteiger partial charge in [0.15, 0.2) is 5.82 Å². The lowest BCUT2D eigenvalue weighted by Crippen LogP contribution is -1.96. The summed E-state index contributed by atoms with van der Waals surface area (Å²) in [5.41, 5.74) is 15.8. The van der Waals surface area contributed by atoms with Crippen LogP contribution in [0.15, 0.2) is 212 Å². The van der Waals surface area contributed by atoms with Gasteiger partial charge in [-0.3, -0.25) is 0 Å². The summed E-state index contributed by atoms with van der Waals surface area (Å²) < 4.78 is 0. The van der Waals surface area contributed by atoms with Gasteiger partial charge >= 0.3 is 0 Å². The van der Waals surface area contributed by atoms with Crippen LogP contribution in [-0.4, -0.2) is 15.0 Å². The Bertz CT molecular complexity index is 2390. The van der Waals surface area contributed by atoms with Gasteiger partial charge in [0, 0.05) is 27.8 Å². The van der Waals surface area contributed by atoms with Crippen molar-refractivity contribution in [2.24, 2.45) is 0 Å². The summed E-state index contributed by atoms with van der Waals surface area (Å²) in [5, 5.41) is 0. The van der Waals surface area contributed by atoms with E-state index in [2.05, 4.69) is 164 Å². The Balaban J connectivity index is 1.08. The van der Waals surface area contributed by atoms with Gasteiger partial charge in [-0.15, -0.1) is 0 Å². The van der Waals surface area contributed by atoms with Crippen molar-refractivity contribution in [2.45, 2.75) is 0 Å². The van der Waals surface area contributed by atoms with Crippen molar-refractivity contribution in [1.82, 2.24) is 15.0 Å². The zero-order chi connectivity index (χ0) is 36.1. The molecule has 0 saturated heterocycles. The third-order valence-electron chi connectivity index (χ3n) is 9.68. The van der Waals surface area contributed by atoms with E-state index in [0.717, 1.165) is 84.0 Å². The minimum Gasteiger partial charge on any atom is -0.248 e. The fourth-order valence-corrected chi connectivity index (χ4v) is 6.89. The van der Waals surface area contributed by atoms with Crippen molar-refractivity contribution in [3.05, 3.63) is 212 Å². The molecule has 0 aliphatic rings. The number of hydrogen-bond acceptors (Lipinski definition) is 3. The molecule has 2 aromatic heterocycles. The van der Waals surface area contributed by atoms with E-state index in [0.29, 0.717) is 5.82 Å². The lowest BCUT2D eigenvalue weighted by molar-refractivity contribution is 1.18. The van der Waals surface area contributed by atoms with Gasteiger partial charge < -0.3 is 0 Å². The van der Waals surface area contributed by atoms with E-state index in [-0.39, 0.29) is 0 Å². The Morgan fingerprint density at radius 3 is 0.907 bits per heavy atom. The van der Waals surface area contributed by atoms with Crippen LogP contribution in [0.1, 0.15) is 0 Å². The fraction of sp³-hybridized carbons (Fsp3) is 0. The smallest absolute Gasteiger partial charge is 0.160 e. The molecular formula is C51H35N3. The van der Waals surface area contributed by atoms with Gasteiger partial charge in [0.25, 0.3) is 0 Å². The second-order valence-corrected chi connectivity index (χ2v) is 13.3. The summed E-state index contributed by atoms with van der Waals surface area (Å²) in [4.78, 5) is 15.1. The first kappa shape index (κ1) is 32.7. The Labute approximate surface area is 316 Å². The SMILES string of the molecule is c1ccc(-c2cc(-c3cccc(-c4cccc(-c5cccc(-c6cc(-c7ccccc7)nc(-c7ccccc7)n6)c5)c4)c3)cc(-c3ccccc3)n2)cc1. The standard InChI is InChI=1S/C51H35N3/c1-5-16-36(17-6-1)47-33-46(34-48(52-47)37-18-7-2-8-19-37)44-28-14-26-42(31-44)40-24-13-25-41(30-40)43-27-15-29-45(32-43)50-35-49(38-20-9-3-10-21-38)53-51(54-50)39-22-11-4-12-23-39/h1-35H. The first-order valence-electron chi connectivity index (χ1n) is 18.2. The normalized spacial score (nSPS) is 11.0. The van der Waals surface area contributed by atoms with Gasteiger partial charge in [0.2, 0.25) is 0 Å². The van der Waals surface area contributed by atoms with Crippen molar-refractivity contribution >= 4 is 0 Å². The second-order valence-electron chi connectivity index (χ2n) is 13.3. The molecule has 0 fully saturated rings. The molecule has 0 bridgehead atoms. The number of benzene rings is 7. The van der Waals surface area contributed by atoms with Crippen LogP contribution in [-0.2, 0) is 0 Å². The molecule has 3 nitrogen and oxygen atoms in total. The molecule has 9 rings (SSSR count). The van der Waals surface area contributed by atoms with E-state index in [1.807, 2.05) is 48.5 Å². The van der Waals surface area contributed by atoms with Crippen LogP contribution in [0.2, 0.25) is 0 Å². The third kappa shape index (κ3) is 6.99. The van der Waals surface area contributed by atoms with Crippen molar-refractivity contribution in [3.8, 4) is 89.8 Å². The Morgan fingerprint density at radius 2 is 0.481 bits per heavy atom. The van der Waals surface area contributed by atoms with Crippen LogP contribution >= 0.6 is 0 Å². The zero-order valence-electron chi connectivity index (χ0n) is 29.5. The molecule has 0 radical (unpaired) electrons. The van der Waals surface area contributed by atoms with E-state index in [1.54, 1.807) is 0 Å². The summed E-state index contributed by atoms with van der Waals surface area (Å²) in [6.07, 6.45) is 0. The Hall–Kier alpha value is -7.23. The highest BCUT2D eigenvalue weighted by Gasteiger charge is 2.13. The van der Waals surface area contributed by atoms with Crippen LogP contribution in [0.25, 0.3) is 89.8 Å². The molecule has 3 heteroatoms. The van der Waals surface area contributed by atoms with E-state index in [9.17, 15) is 0 Å². The topological polar surface area (TPSA) is 38.7 Å². The second kappa shape index (κ2) is 14.8. The predicted molar refractivity (Wildman–Crippen MR) is 223 cm³/mol. The highest BCUT2D eigenvalue weighted by Crippen LogP contribution is 2.35. The summed E-state index contributed by atoms with van der Waals surface area (Å²) in [6.45, 7) is 0. The molecule has 9 aromatic rings. The number of nitrogens with zero attached hydrogens (tertiary/aromatic N) is 3. The molecule has 254 valence electrons. The maximum Gasteiger partial charge on any atom is 0.160 e. The zero-order valence-corrected chi connectivity index (χ0v) is 29.5. The first-order chi connectivity index (χ1) is 26.7. The van der Waals surface area contributed by atoms with E-state index < -0.39 is 0 Å². The largest absolute Gasteiger partial charge is 0.248 e. The molecule has 0 saturated carbocycles. The van der Waals surface area contributed by atoms with Crippen LogP contribution in [0.4, 0.5) is 0 Å². The molecule has 54 heavy (non-hydrogen) atoms. The number of aromatic nitrogens is 3. The average Bonchev–Trinajstić information content (AvgIpc) is 3.27. The summed E-state index contributed by atoms with van der Waals surface area (Å²) in [7, 11) is 0. The van der Waals surface area contributed by atoms with Crippen LogP contribution in [0.5, 0.6) is 0 Å². The maximum atomic E-state index is 5.09. The van der Waals surface area contributed by atoms with Crippen molar-refractivity contribution in [3.63, 3.8) is 0 Å². The van der Waals surface area contributed by atoms with Crippen molar-refractivity contribution < 1.29 is 0 Å². The van der Waals surface area contributed by atoms with Crippen LogP contribution in [0.3, 0.4) is 0 Å². The lowest BCUT2D eigenvalue weighted by atomic mass is 9.94. The van der Waals surface area contributed by atoms with Gasteiger partial charge in [-0.25, -0.2) is 15.0 Å². The number of pyridine rings is 1. The van der Waals surface area contributed by atoms with Crippen molar-refractivity contribution in [2.75, 3.05) is 0 Å². The van der Waals surface area contributed by atoms with Crippen LogP contribution in [0, 0.1) is 0 Å². The minimum atomic E-state index is 0.709. The molecule has 0 aliphatic carbocycles. The molecule has 0 atom stereocenters. The van der Waals surface area contributed by atoms with Gasteiger partial charge in [-0.2, -0.15) is 0 Å². The fourth-order valence-electron chi connectivity index (χ4n) is 6.89. The quantitative estimate of drug-likeness (QED) is 0.159. The van der Waals surface area contributed by atoms with E-state index >= 15 is 0 Å². The number of rotatable bonds is 8.